The van der Waals surface area contributed by atoms with Crippen LogP contribution in [0, 0.1) is 5.92 Å². The fourth-order valence-electron chi connectivity index (χ4n) is 2.48. The Bertz CT molecular complexity index is 122. The normalized spacial score (nSPS) is 31.0. The lowest BCUT2D eigenvalue weighted by Gasteiger charge is -2.37. The van der Waals surface area contributed by atoms with Crippen molar-refractivity contribution in [2.75, 3.05) is 13.6 Å². The average Bonchev–Trinajstić information content (AvgIpc) is 2.16. The Kier molecular flexibility index (Phi) is 4.07. The summed E-state index contributed by atoms with van der Waals surface area (Å²) in [7, 11) is 2.28. The van der Waals surface area contributed by atoms with E-state index in [1.807, 2.05) is 0 Å². The van der Waals surface area contributed by atoms with E-state index in [1.54, 1.807) is 0 Å². The lowest BCUT2D eigenvalue weighted by atomic mass is 9.82. The van der Waals surface area contributed by atoms with Crippen molar-refractivity contribution in [3.8, 4) is 0 Å². The number of rotatable bonds is 3. The van der Waals surface area contributed by atoms with Crippen LogP contribution in [0.4, 0.5) is 0 Å². The van der Waals surface area contributed by atoms with E-state index in [0.717, 1.165) is 12.0 Å². The van der Waals surface area contributed by atoms with Crippen LogP contribution < -0.4 is 0 Å². The predicted molar refractivity (Wildman–Crippen MR) is 54.3 cm³/mol. The molecular weight excluding hydrogens is 146 g/mol. The summed E-state index contributed by atoms with van der Waals surface area (Å²) in [4.78, 5) is 2.54. The highest BCUT2D eigenvalue weighted by Gasteiger charge is 2.25. The van der Waals surface area contributed by atoms with Crippen molar-refractivity contribution in [1.82, 2.24) is 4.90 Å². The molecule has 0 amide bonds. The van der Waals surface area contributed by atoms with Crippen LogP contribution in [0.5, 0.6) is 0 Å². The largest absolute Gasteiger partial charge is 0.303 e. The van der Waals surface area contributed by atoms with Crippen LogP contribution in [-0.2, 0) is 0 Å². The van der Waals surface area contributed by atoms with E-state index in [9.17, 15) is 0 Å². The van der Waals surface area contributed by atoms with Gasteiger partial charge in [-0.25, -0.2) is 0 Å². The third kappa shape index (κ3) is 2.22. The van der Waals surface area contributed by atoms with Crippen LogP contribution >= 0.6 is 0 Å². The van der Waals surface area contributed by atoms with Gasteiger partial charge < -0.3 is 4.90 Å². The zero-order valence-electron chi connectivity index (χ0n) is 8.84. The maximum absolute atomic E-state index is 2.54. The van der Waals surface area contributed by atoms with E-state index >= 15 is 0 Å². The van der Waals surface area contributed by atoms with Gasteiger partial charge in [-0.15, -0.1) is 0 Å². The third-order valence-corrected chi connectivity index (χ3v) is 3.46. The fourth-order valence-corrected chi connectivity index (χ4v) is 2.48. The second-order valence-corrected chi connectivity index (χ2v) is 4.09. The molecule has 0 N–H and O–H groups in total. The highest BCUT2D eigenvalue weighted by atomic mass is 15.1. The summed E-state index contributed by atoms with van der Waals surface area (Å²) < 4.78 is 0. The first-order valence-corrected chi connectivity index (χ1v) is 5.49. The highest BCUT2D eigenvalue weighted by molar-refractivity contribution is 4.80. The van der Waals surface area contributed by atoms with Gasteiger partial charge in [-0.3, -0.25) is 0 Å². The molecule has 0 aromatic carbocycles. The molecule has 72 valence electrons. The van der Waals surface area contributed by atoms with Crippen molar-refractivity contribution in [2.45, 2.75) is 52.0 Å². The van der Waals surface area contributed by atoms with Crippen LogP contribution in [0.3, 0.4) is 0 Å². The molecule has 12 heavy (non-hydrogen) atoms. The van der Waals surface area contributed by atoms with Crippen molar-refractivity contribution in [2.24, 2.45) is 5.92 Å². The zero-order valence-corrected chi connectivity index (χ0v) is 8.84. The van der Waals surface area contributed by atoms with Crippen molar-refractivity contribution >= 4 is 0 Å². The number of nitrogens with zero attached hydrogens (tertiary/aromatic N) is 1. The molecule has 1 heteroatoms. The van der Waals surface area contributed by atoms with Crippen LogP contribution in [0.1, 0.15) is 46.0 Å². The summed E-state index contributed by atoms with van der Waals surface area (Å²) in [6.07, 6.45) is 7.18. The Morgan fingerprint density at radius 1 is 1.17 bits per heavy atom. The maximum Gasteiger partial charge on any atom is 0.0120 e. The van der Waals surface area contributed by atoms with Crippen molar-refractivity contribution in [3.63, 3.8) is 0 Å². The van der Waals surface area contributed by atoms with Gasteiger partial charge in [0.1, 0.15) is 0 Å². The molecule has 0 heterocycles. The summed E-state index contributed by atoms with van der Waals surface area (Å²) >= 11 is 0. The Morgan fingerprint density at radius 3 is 2.42 bits per heavy atom. The van der Waals surface area contributed by atoms with E-state index < -0.39 is 0 Å². The van der Waals surface area contributed by atoms with Gasteiger partial charge in [-0.1, -0.05) is 33.1 Å². The van der Waals surface area contributed by atoms with Crippen LogP contribution in [0.25, 0.3) is 0 Å². The molecule has 1 rings (SSSR count). The molecule has 0 radical (unpaired) electrons. The summed E-state index contributed by atoms with van der Waals surface area (Å²) in [5.74, 6) is 0.976. The van der Waals surface area contributed by atoms with E-state index in [4.69, 9.17) is 0 Å². The van der Waals surface area contributed by atoms with Gasteiger partial charge in [-0.2, -0.15) is 0 Å². The number of hydrogen-bond donors (Lipinski definition) is 0. The SMILES string of the molecule is CCC1CCCCC1N(C)CC. The van der Waals surface area contributed by atoms with Gasteiger partial charge >= 0.3 is 0 Å². The fraction of sp³-hybridized carbons (Fsp3) is 1.00. The molecule has 2 atom stereocenters. The van der Waals surface area contributed by atoms with Gasteiger partial charge in [0.2, 0.25) is 0 Å². The summed E-state index contributed by atoms with van der Waals surface area (Å²) in [6, 6.07) is 0.883. The zero-order chi connectivity index (χ0) is 8.97. The molecule has 1 saturated carbocycles. The van der Waals surface area contributed by atoms with Crippen LogP contribution in [-0.4, -0.2) is 24.5 Å². The quantitative estimate of drug-likeness (QED) is 0.628. The van der Waals surface area contributed by atoms with Gasteiger partial charge in [0.05, 0.1) is 0 Å². The Morgan fingerprint density at radius 2 is 1.83 bits per heavy atom. The van der Waals surface area contributed by atoms with Crippen molar-refractivity contribution < 1.29 is 0 Å². The van der Waals surface area contributed by atoms with Crippen LogP contribution in [0.15, 0.2) is 0 Å². The molecule has 0 bridgehead atoms. The predicted octanol–water partition coefficient (Wildman–Crippen LogP) is 2.91. The highest BCUT2D eigenvalue weighted by Crippen LogP contribution is 2.29. The average molecular weight is 169 g/mol. The Balaban J connectivity index is 2.46. The second-order valence-electron chi connectivity index (χ2n) is 4.09. The monoisotopic (exact) mass is 169 g/mol. The summed E-state index contributed by atoms with van der Waals surface area (Å²) in [6.45, 7) is 5.81. The van der Waals surface area contributed by atoms with Gasteiger partial charge in [0.25, 0.3) is 0 Å². The molecule has 0 aromatic rings. The first-order valence-electron chi connectivity index (χ1n) is 5.49. The smallest absolute Gasteiger partial charge is 0.0120 e. The van der Waals surface area contributed by atoms with Crippen molar-refractivity contribution in [3.05, 3.63) is 0 Å². The first-order chi connectivity index (χ1) is 5.79. The van der Waals surface area contributed by atoms with E-state index in [-0.39, 0.29) is 0 Å². The van der Waals surface area contributed by atoms with E-state index in [2.05, 4.69) is 25.8 Å². The van der Waals surface area contributed by atoms with Crippen LogP contribution in [0.2, 0.25) is 0 Å². The Hall–Kier alpha value is -0.0400. The van der Waals surface area contributed by atoms with Gasteiger partial charge in [0, 0.05) is 6.04 Å². The lowest BCUT2D eigenvalue weighted by Crippen LogP contribution is -2.39. The van der Waals surface area contributed by atoms with Crippen molar-refractivity contribution in [1.29, 1.82) is 0 Å². The molecule has 0 aromatic heterocycles. The first kappa shape index (κ1) is 10.0. The number of hydrogen-bond acceptors (Lipinski definition) is 1. The molecule has 1 fully saturated rings. The summed E-state index contributed by atoms with van der Waals surface area (Å²) in [5, 5.41) is 0. The van der Waals surface area contributed by atoms with Gasteiger partial charge in [0.15, 0.2) is 0 Å². The minimum Gasteiger partial charge on any atom is -0.303 e. The topological polar surface area (TPSA) is 3.24 Å². The minimum atomic E-state index is 0.883. The molecule has 0 spiro atoms. The molecule has 0 saturated heterocycles. The van der Waals surface area contributed by atoms with Gasteiger partial charge in [-0.05, 0) is 32.4 Å². The van der Waals surface area contributed by atoms with E-state index in [0.29, 0.717) is 0 Å². The Labute approximate surface area is 77.1 Å². The molecule has 2 unspecified atom stereocenters. The lowest BCUT2D eigenvalue weighted by molar-refractivity contribution is 0.132. The molecule has 1 aliphatic carbocycles. The minimum absolute atomic E-state index is 0.883. The second kappa shape index (κ2) is 4.86. The third-order valence-electron chi connectivity index (χ3n) is 3.46. The molecule has 1 aliphatic rings. The molecule has 0 aliphatic heterocycles. The standard InChI is InChI=1S/C11H23N/c1-4-10-8-6-7-9-11(10)12(3)5-2/h10-11H,4-9H2,1-3H3. The molecular formula is C11H23N. The maximum atomic E-state index is 2.54. The molecule has 1 nitrogen and oxygen atoms in total. The van der Waals surface area contributed by atoms with E-state index in [1.165, 1.54) is 38.6 Å². The summed E-state index contributed by atoms with van der Waals surface area (Å²) in [5.41, 5.74) is 0.